The molecule has 1 aromatic heterocycles. The summed E-state index contributed by atoms with van der Waals surface area (Å²) in [7, 11) is -0.0561. The van der Waals surface area contributed by atoms with Gasteiger partial charge in [0.1, 0.15) is 4.90 Å². The molecule has 0 aromatic carbocycles. The molecule has 0 bridgehead atoms. The van der Waals surface area contributed by atoms with Crippen LogP contribution in [-0.2, 0) is 17.1 Å². The molecule has 0 aliphatic rings. The number of aromatic nitrogens is 2. The molecule has 0 saturated carbocycles. The lowest BCUT2D eigenvalue weighted by molar-refractivity contribution is 0.454. The molecule has 0 radical (unpaired) electrons. The van der Waals surface area contributed by atoms with Gasteiger partial charge in [0.25, 0.3) is 0 Å². The summed E-state index contributed by atoms with van der Waals surface area (Å²) in [4.78, 5) is 0.253. The SMILES string of the molecule is CN(CCCCCBr)S(=O)(=O)c1cnn(C)c1. The molecule has 0 atom stereocenters. The van der Waals surface area contributed by atoms with Crippen molar-refractivity contribution in [3.05, 3.63) is 12.4 Å². The Morgan fingerprint density at radius 1 is 1.41 bits per heavy atom. The number of aryl methyl sites for hydroxylation is 1. The van der Waals surface area contributed by atoms with Crippen molar-refractivity contribution in [2.24, 2.45) is 7.05 Å². The number of nitrogens with zero attached hydrogens (tertiary/aromatic N) is 3. The van der Waals surface area contributed by atoms with E-state index < -0.39 is 10.0 Å². The average Bonchev–Trinajstić information content (AvgIpc) is 2.71. The van der Waals surface area contributed by atoms with Crippen molar-refractivity contribution in [3.8, 4) is 0 Å². The van der Waals surface area contributed by atoms with Crippen molar-refractivity contribution in [2.75, 3.05) is 18.9 Å². The number of sulfonamides is 1. The second-order valence-electron chi connectivity index (χ2n) is 3.93. The zero-order chi connectivity index (χ0) is 12.9. The van der Waals surface area contributed by atoms with Gasteiger partial charge in [-0.1, -0.05) is 22.4 Å². The van der Waals surface area contributed by atoms with Gasteiger partial charge in [-0.05, 0) is 12.8 Å². The van der Waals surface area contributed by atoms with Gasteiger partial charge >= 0.3 is 0 Å². The highest BCUT2D eigenvalue weighted by molar-refractivity contribution is 9.09. The minimum atomic E-state index is -3.37. The largest absolute Gasteiger partial charge is 0.274 e. The van der Waals surface area contributed by atoms with Gasteiger partial charge in [-0.3, -0.25) is 4.68 Å². The Morgan fingerprint density at radius 3 is 2.65 bits per heavy atom. The zero-order valence-corrected chi connectivity index (χ0v) is 12.5. The predicted molar refractivity (Wildman–Crippen MR) is 70.7 cm³/mol. The maximum atomic E-state index is 12.1. The van der Waals surface area contributed by atoms with Crippen LogP contribution in [0.4, 0.5) is 0 Å². The molecule has 0 fully saturated rings. The van der Waals surface area contributed by atoms with Crippen molar-refractivity contribution in [1.82, 2.24) is 14.1 Å². The lowest BCUT2D eigenvalue weighted by Gasteiger charge is -2.15. The molecule has 5 nitrogen and oxygen atoms in total. The van der Waals surface area contributed by atoms with Gasteiger partial charge < -0.3 is 0 Å². The highest BCUT2D eigenvalue weighted by atomic mass is 79.9. The molecule has 0 aliphatic carbocycles. The second kappa shape index (κ2) is 6.51. The van der Waals surface area contributed by atoms with Crippen LogP contribution < -0.4 is 0 Å². The van der Waals surface area contributed by atoms with E-state index in [4.69, 9.17) is 0 Å². The van der Waals surface area contributed by atoms with Gasteiger partial charge in [-0.2, -0.15) is 5.10 Å². The Balaban J connectivity index is 2.58. The molecule has 0 amide bonds. The second-order valence-corrected chi connectivity index (χ2v) is 6.76. The summed E-state index contributed by atoms with van der Waals surface area (Å²) >= 11 is 3.35. The maximum Gasteiger partial charge on any atom is 0.245 e. The lowest BCUT2D eigenvalue weighted by atomic mass is 10.2. The van der Waals surface area contributed by atoms with E-state index in [1.54, 1.807) is 14.1 Å². The summed E-state index contributed by atoms with van der Waals surface area (Å²) in [6.07, 6.45) is 5.87. The van der Waals surface area contributed by atoms with Crippen LogP contribution in [0.5, 0.6) is 0 Å². The van der Waals surface area contributed by atoms with Crippen molar-refractivity contribution in [2.45, 2.75) is 24.2 Å². The third-order valence-electron chi connectivity index (χ3n) is 2.50. The normalized spacial score (nSPS) is 12.2. The summed E-state index contributed by atoms with van der Waals surface area (Å²) < 4.78 is 27.0. The number of halogens is 1. The monoisotopic (exact) mass is 323 g/mol. The first-order chi connectivity index (χ1) is 7.98. The van der Waals surface area contributed by atoms with Crippen molar-refractivity contribution in [3.63, 3.8) is 0 Å². The third-order valence-corrected chi connectivity index (χ3v) is 4.87. The highest BCUT2D eigenvalue weighted by Crippen LogP contribution is 2.13. The quantitative estimate of drug-likeness (QED) is 0.565. The van der Waals surface area contributed by atoms with Gasteiger partial charge in [0.05, 0.1) is 6.20 Å². The molecule has 0 N–H and O–H groups in total. The van der Waals surface area contributed by atoms with Crippen LogP contribution in [0.15, 0.2) is 17.3 Å². The van der Waals surface area contributed by atoms with Crippen LogP contribution in [0.25, 0.3) is 0 Å². The molecule has 0 spiro atoms. The van der Waals surface area contributed by atoms with Crippen molar-refractivity contribution in [1.29, 1.82) is 0 Å². The van der Waals surface area contributed by atoms with Gasteiger partial charge in [-0.25, -0.2) is 12.7 Å². The number of hydrogen-bond donors (Lipinski definition) is 0. The Morgan fingerprint density at radius 2 is 2.12 bits per heavy atom. The molecule has 7 heteroatoms. The fourth-order valence-corrected chi connectivity index (χ4v) is 3.03. The predicted octanol–water partition coefficient (Wildman–Crippen LogP) is 1.61. The molecule has 1 aromatic rings. The first kappa shape index (κ1) is 14.7. The van der Waals surface area contributed by atoms with E-state index in [-0.39, 0.29) is 4.90 Å². The van der Waals surface area contributed by atoms with E-state index in [0.29, 0.717) is 6.54 Å². The lowest BCUT2D eigenvalue weighted by Crippen LogP contribution is -2.27. The van der Waals surface area contributed by atoms with E-state index in [2.05, 4.69) is 21.0 Å². The Kier molecular flexibility index (Phi) is 5.61. The molecule has 0 unspecified atom stereocenters. The van der Waals surface area contributed by atoms with Gasteiger partial charge in [-0.15, -0.1) is 0 Å². The molecule has 1 heterocycles. The van der Waals surface area contributed by atoms with Crippen LogP contribution >= 0.6 is 15.9 Å². The number of rotatable bonds is 7. The molecular formula is C10H18BrN3O2S. The van der Waals surface area contributed by atoms with Crippen LogP contribution in [0.3, 0.4) is 0 Å². The van der Waals surface area contributed by atoms with Crippen LogP contribution in [-0.4, -0.2) is 41.4 Å². The zero-order valence-electron chi connectivity index (χ0n) is 10.1. The van der Waals surface area contributed by atoms with Crippen LogP contribution in [0.2, 0.25) is 0 Å². The maximum absolute atomic E-state index is 12.1. The van der Waals surface area contributed by atoms with Gasteiger partial charge in [0, 0.05) is 32.2 Å². The number of unbranched alkanes of at least 4 members (excludes halogenated alkanes) is 2. The average molecular weight is 324 g/mol. The summed E-state index contributed by atoms with van der Waals surface area (Å²) in [6, 6.07) is 0. The summed E-state index contributed by atoms with van der Waals surface area (Å²) in [5, 5.41) is 4.84. The van der Waals surface area contributed by atoms with E-state index in [1.165, 1.54) is 21.4 Å². The molecule has 98 valence electrons. The summed E-state index contributed by atoms with van der Waals surface area (Å²) in [5.41, 5.74) is 0. The van der Waals surface area contributed by atoms with Crippen molar-refractivity contribution < 1.29 is 8.42 Å². The topological polar surface area (TPSA) is 55.2 Å². The van der Waals surface area contributed by atoms with Crippen LogP contribution in [0.1, 0.15) is 19.3 Å². The Labute approximate surface area is 111 Å². The molecular weight excluding hydrogens is 306 g/mol. The minimum Gasteiger partial charge on any atom is -0.274 e. The molecule has 0 aliphatic heterocycles. The van der Waals surface area contributed by atoms with E-state index in [0.717, 1.165) is 24.6 Å². The first-order valence-corrected chi connectivity index (χ1v) is 8.05. The first-order valence-electron chi connectivity index (χ1n) is 5.49. The summed E-state index contributed by atoms with van der Waals surface area (Å²) in [6.45, 7) is 0.546. The third kappa shape index (κ3) is 4.08. The summed E-state index contributed by atoms with van der Waals surface area (Å²) in [5.74, 6) is 0. The van der Waals surface area contributed by atoms with E-state index in [9.17, 15) is 8.42 Å². The van der Waals surface area contributed by atoms with Gasteiger partial charge in [0.15, 0.2) is 0 Å². The highest BCUT2D eigenvalue weighted by Gasteiger charge is 2.21. The Bertz CT molecular complexity index is 444. The molecule has 17 heavy (non-hydrogen) atoms. The van der Waals surface area contributed by atoms with Gasteiger partial charge in [0.2, 0.25) is 10.0 Å². The van der Waals surface area contributed by atoms with Crippen molar-refractivity contribution >= 4 is 26.0 Å². The molecule has 1 rings (SSSR count). The standard InChI is InChI=1S/C10H18BrN3O2S/c1-13-9-10(8-12-13)17(15,16)14(2)7-5-3-4-6-11/h8-9H,3-7H2,1-2H3. The Hall–Kier alpha value is -0.400. The van der Waals surface area contributed by atoms with Crippen LogP contribution in [0, 0.1) is 0 Å². The van der Waals surface area contributed by atoms with E-state index >= 15 is 0 Å². The van der Waals surface area contributed by atoms with E-state index in [1.807, 2.05) is 0 Å². The fourth-order valence-electron chi connectivity index (χ4n) is 1.44. The fraction of sp³-hybridized carbons (Fsp3) is 0.700. The number of hydrogen-bond acceptors (Lipinski definition) is 3. The number of alkyl halides is 1. The molecule has 0 saturated heterocycles. The smallest absolute Gasteiger partial charge is 0.245 e. The minimum absolute atomic E-state index is 0.253.